The molecule has 8 heteroatoms. The molecule has 0 bridgehead atoms. The maximum Gasteiger partial charge on any atom is 0.246 e. The van der Waals surface area contributed by atoms with Crippen molar-refractivity contribution < 1.29 is 8.42 Å². The smallest absolute Gasteiger partial charge is 0.246 e. The minimum atomic E-state index is -3.53. The molecule has 6 nitrogen and oxygen atoms in total. The molecule has 0 amide bonds. The summed E-state index contributed by atoms with van der Waals surface area (Å²) in [6, 6.07) is -0.0547. The lowest BCUT2D eigenvalue weighted by molar-refractivity contribution is 0.382. The van der Waals surface area contributed by atoms with Gasteiger partial charge in [0.1, 0.15) is 4.90 Å². The number of hydrogen-bond acceptors (Lipinski definition) is 6. The summed E-state index contributed by atoms with van der Waals surface area (Å²) in [5, 5.41) is 2.93. The van der Waals surface area contributed by atoms with E-state index < -0.39 is 10.0 Å². The summed E-state index contributed by atoms with van der Waals surface area (Å²) >= 11 is 1.71. The first kappa shape index (κ1) is 17.2. The molecule has 0 aliphatic rings. The molecule has 1 aromatic heterocycles. The molecule has 0 spiro atoms. The SMILES string of the molecule is CCNc1ncc(S(=O)(=O)N(C)C(C)CCSC)cn1. The second kappa shape index (κ2) is 7.80. The summed E-state index contributed by atoms with van der Waals surface area (Å²) in [4.78, 5) is 8.14. The van der Waals surface area contributed by atoms with Crippen LogP contribution in [0.5, 0.6) is 0 Å². The number of nitrogens with zero attached hydrogens (tertiary/aromatic N) is 3. The topological polar surface area (TPSA) is 75.2 Å². The molecule has 0 fully saturated rings. The normalized spacial score (nSPS) is 13.4. The molecule has 1 unspecified atom stereocenters. The van der Waals surface area contributed by atoms with Crippen molar-refractivity contribution in [3.05, 3.63) is 12.4 Å². The summed E-state index contributed by atoms with van der Waals surface area (Å²) in [5.74, 6) is 1.36. The lowest BCUT2D eigenvalue weighted by Gasteiger charge is -2.23. The van der Waals surface area contributed by atoms with E-state index in [9.17, 15) is 8.42 Å². The van der Waals surface area contributed by atoms with Gasteiger partial charge in [-0.1, -0.05) is 0 Å². The summed E-state index contributed by atoms with van der Waals surface area (Å²) in [5.41, 5.74) is 0. The van der Waals surface area contributed by atoms with E-state index in [2.05, 4.69) is 15.3 Å². The molecule has 0 saturated carbocycles. The summed E-state index contributed by atoms with van der Waals surface area (Å²) < 4.78 is 26.2. The van der Waals surface area contributed by atoms with Gasteiger partial charge in [-0.2, -0.15) is 16.1 Å². The number of rotatable bonds is 8. The van der Waals surface area contributed by atoms with Crippen molar-refractivity contribution in [2.45, 2.75) is 31.2 Å². The average Bonchev–Trinajstić information content (AvgIpc) is 2.44. The standard InChI is InChI=1S/C12H22N4O2S2/c1-5-13-12-14-8-11(9-15-12)20(17,18)16(3)10(2)6-7-19-4/h8-10H,5-7H2,1-4H3,(H,13,14,15). The van der Waals surface area contributed by atoms with Crippen LogP contribution in [0.2, 0.25) is 0 Å². The zero-order valence-electron chi connectivity index (χ0n) is 12.3. The molecule has 0 saturated heterocycles. The average molecular weight is 318 g/mol. The van der Waals surface area contributed by atoms with Crippen molar-refractivity contribution in [3.8, 4) is 0 Å². The van der Waals surface area contributed by atoms with Gasteiger partial charge >= 0.3 is 0 Å². The van der Waals surface area contributed by atoms with Crippen LogP contribution in [-0.4, -0.2) is 54.3 Å². The molecule has 0 radical (unpaired) electrons. The quantitative estimate of drug-likeness (QED) is 0.786. The Labute approximate surface area is 125 Å². The minimum absolute atomic E-state index is 0.0547. The monoisotopic (exact) mass is 318 g/mol. The number of hydrogen-bond donors (Lipinski definition) is 1. The van der Waals surface area contributed by atoms with Gasteiger partial charge in [-0.25, -0.2) is 18.4 Å². The van der Waals surface area contributed by atoms with Crippen molar-refractivity contribution in [2.24, 2.45) is 0 Å². The van der Waals surface area contributed by atoms with Crippen LogP contribution in [0.3, 0.4) is 0 Å². The zero-order valence-corrected chi connectivity index (χ0v) is 14.0. The summed E-state index contributed by atoms with van der Waals surface area (Å²) in [6.07, 6.45) is 5.51. The molecule has 1 atom stereocenters. The maximum absolute atomic E-state index is 12.4. The van der Waals surface area contributed by atoms with Crippen molar-refractivity contribution in [3.63, 3.8) is 0 Å². The van der Waals surface area contributed by atoms with Crippen molar-refractivity contribution in [2.75, 3.05) is 30.9 Å². The summed E-state index contributed by atoms with van der Waals surface area (Å²) in [7, 11) is -1.93. The molecule has 1 rings (SSSR count). The van der Waals surface area contributed by atoms with E-state index in [1.54, 1.807) is 18.8 Å². The van der Waals surface area contributed by atoms with Crippen LogP contribution >= 0.6 is 11.8 Å². The highest BCUT2D eigenvalue weighted by Crippen LogP contribution is 2.17. The Morgan fingerprint density at radius 2 is 2.00 bits per heavy atom. The molecule has 114 valence electrons. The lowest BCUT2D eigenvalue weighted by Crippen LogP contribution is -2.35. The van der Waals surface area contributed by atoms with Gasteiger partial charge in [0.15, 0.2) is 0 Å². The molecule has 1 aromatic rings. The molecule has 1 N–H and O–H groups in total. The first-order valence-electron chi connectivity index (χ1n) is 6.46. The second-order valence-corrected chi connectivity index (χ2v) is 7.41. The van der Waals surface area contributed by atoms with Crippen LogP contribution in [0.1, 0.15) is 20.3 Å². The predicted octanol–water partition coefficient (Wildman–Crippen LogP) is 1.67. The van der Waals surface area contributed by atoms with Gasteiger partial charge < -0.3 is 5.32 Å². The molecule has 0 aliphatic heterocycles. The fourth-order valence-corrected chi connectivity index (χ4v) is 3.43. The Morgan fingerprint density at radius 1 is 1.40 bits per heavy atom. The number of anilines is 1. The van der Waals surface area contributed by atoms with Gasteiger partial charge in [-0.15, -0.1) is 0 Å². The Balaban J connectivity index is 2.86. The van der Waals surface area contributed by atoms with E-state index in [0.29, 0.717) is 12.5 Å². The van der Waals surface area contributed by atoms with Crippen LogP contribution in [0, 0.1) is 0 Å². The van der Waals surface area contributed by atoms with Crippen LogP contribution in [0.25, 0.3) is 0 Å². The number of thioether (sulfide) groups is 1. The minimum Gasteiger partial charge on any atom is -0.355 e. The lowest BCUT2D eigenvalue weighted by atomic mass is 10.3. The van der Waals surface area contributed by atoms with Gasteiger partial charge in [-0.3, -0.25) is 0 Å². The first-order chi connectivity index (χ1) is 9.43. The van der Waals surface area contributed by atoms with Gasteiger partial charge in [0, 0.05) is 19.6 Å². The molecule has 20 heavy (non-hydrogen) atoms. The Kier molecular flexibility index (Phi) is 6.70. The van der Waals surface area contributed by atoms with E-state index in [-0.39, 0.29) is 10.9 Å². The van der Waals surface area contributed by atoms with Gasteiger partial charge in [0.2, 0.25) is 16.0 Å². The van der Waals surface area contributed by atoms with Crippen LogP contribution in [-0.2, 0) is 10.0 Å². The first-order valence-corrected chi connectivity index (χ1v) is 9.29. The molecule has 0 aliphatic carbocycles. The van der Waals surface area contributed by atoms with E-state index in [1.807, 2.05) is 20.1 Å². The maximum atomic E-state index is 12.4. The Hall–Kier alpha value is -0.860. The number of nitrogens with one attached hydrogen (secondary N) is 1. The number of aromatic nitrogens is 2. The Bertz CT molecular complexity index is 505. The fraction of sp³-hybridized carbons (Fsp3) is 0.667. The largest absolute Gasteiger partial charge is 0.355 e. The van der Waals surface area contributed by atoms with E-state index in [4.69, 9.17) is 0 Å². The van der Waals surface area contributed by atoms with E-state index in [1.165, 1.54) is 16.7 Å². The molecule has 0 aromatic carbocycles. The second-order valence-electron chi connectivity index (χ2n) is 4.42. The van der Waals surface area contributed by atoms with Gasteiger partial charge in [0.25, 0.3) is 0 Å². The zero-order chi connectivity index (χ0) is 15.2. The predicted molar refractivity (Wildman–Crippen MR) is 83.6 cm³/mol. The van der Waals surface area contributed by atoms with Crippen LogP contribution in [0.15, 0.2) is 17.3 Å². The summed E-state index contributed by atoms with van der Waals surface area (Å²) in [6.45, 7) is 4.52. The van der Waals surface area contributed by atoms with Crippen LogP contribution in [0.4, 0.5) is 5.95 Å². The third-order valence-electron chi connectivity index (χ3n) is 3.00. The third kappa shape index (κ3) is 4.32. The highest BCUT2D eigenvalue weighted by atomic mass is 32.2. The van der Waals surface area contributed by atoms with Crippen LogP contribution < -0.4 is 5.32 Å². The fourth-order valence-electron chi connectivity index (χ4n) is 1.57. The highest BCUT2D eigenvalue weighted by molar-refractivity contribution is 7.98. The van der Waals surface area contributed by atoms with Crippen molar-refractivity contribution >= 4 is 27.7 Å². The molecular formula is C12H22N4O2S2. The number of sulfonamides is 1. The molecular weight excluding hydrogens is 296 g/mol. The van der Waals surface area contributed by atoms with Gasteiger partial charge in [0.05, 0.1) is 12.4 Å². The highest BCUT2D eigenvalue weighted by Gasteiger charge is 2.25. The third-order valence-corrected chi connectivity index (χ3v) is 5.57. The van der Waals surface area contributed by atoms with Crippen molar-refractivity contribution in [1.29, 1.82) is 0 Å². The molecule has 1 heterocycles. The van der Waals surface area contributed by atoms with Crippen molar-refractivity contribution in [1.82, 2.24) is 14.3 Å². The Morgan fingerprint density at radius 3 is 2.50 bits per heavy atom. The van der Waals surface area contributed by atoms with E-state index >= 15 is 0 Å². The van der Waals surface area contributed by atoms with E-state index in [0.717, 1.165) is 12.2 Å². The van der Waals surface area contributed by atoms with Gasteiger partial charge in [-0.05, 0) is 32.3 Å².